The third-order valence-corrected chi connectivity index (χ3v) is 3.73. The molecule has 0 fully saturated rings. The quantitative estimate of drug-likeness (QED) is 0.900. The summed E-state index contributed by atoms with van der Waals surface area (Å²) >= 11 is 0. The Kier molecular flexibility index (Phi) is 3.70. The molecule has 0 bridgehead atoms. The molecule has 3 rings (SSSR count). The van der Waals surface area contributed by atoms with Gasteiger partial charge in [0.05, 0.1) is 0 Å². The molecule has 0 saturated heterocycles. The average molecular weight is 270 g/mol. The maximum Gasteiger partial charge on any atom is 0.123 e. The summed E-state index contributed by atoms with van der Waals surface area (Å²) in [6.45, 7) is 4.73. The molecule has 0 amide bonds. The highest BCUT2D eigenvalue weighted by molar-refractivity contribution is 5.55. The molecule has 1 unspecified atom stereocenters. The zero-order valence-electron chi connectivity index (χ0n) is 11.6. The smallest absolute Gasteiger partial charge is 0.123 e. The number of para-hydroxylation sites is 1. The first-order chi connectivity index (χ1) is 9.72. The molecule has 1 aliphatic rings. The average Bonchev–Trinajstić information content (AvgIpc) is 2.59. The van der Waals surface area contributed by atoms with Crippen LogP contribution >= 0.6 is 0 Å². The fourth-order valence-electron chi connectivity index (χ4n) is 2.75. The third kappa shape index (κ3) is 2.83. The van der Waals surface area contributed by atoms with Crippen LogP contribution in [0, 0.1) is 5.82 Å². The van der Waals surface area contributed by atoms with Crippen LogP contribution in [0.2, 0.25) is 0 Å². The van der Waals surface area contributed by atoms with E-state index < -0.39 is 0 Å². The lowest BCUT2D eigenvalue weighted by Gasteiger charge is -2.26. The zero-order chi connectivity index (χ0) is 13.9. The summed E-state index contributed by atoms with van der Waals surface area (Å²) < 4.78 is 13.3. The standard InChI is InChI=1S/C17H19FN2/c1-13-11-20(12-14-5-4-7-16(18)9-14)17-8-3-2-6-15(17)10-19-13/h2-9,13,19H,10-12H2,1H3. The molecule has 1 N–H and O–H groups in total. The SMILES string of the molecule is CC1CN(Cc2cccc(F)c2)c2ccccc2CN1. The molecule has 3 heteroatoms. The summed E-state index contributed by atoms with van der Waals surface area (Å²) in [7, 11) is 0. The molecule has 1 atom stereocenters. The minimum atomic E-state index is -0.170. The largest absolute Gasteiger partial charge is 0.365 e. The van der Waals surface area contributed by atoms with E-state index in [4.69, 9.17) is 0 Å². The lowest BCUT2D eigenvalue weighted by molar-refractivity contribution is 0.551. The Labute approximate surface area is 119 Å². The summed E-state index contributed by atoms with van der Waals surface area (Å²) in [5.41, 5.74) is 3.55. The molecule has 0 saturated carbocycles. The molecule has 0 spiro atoms. The molecule has 2 nitrogen and oxygen atoms in total. The maximum absolute atomic E-state index is 13.3. The van der Waals surface area contributed by atoms with Gasteiger partial charge in [-0.05, 0) is 36.2 Å². The second-order valence-electron chi connectivity index (χ2n) is 5.42. The fraction of sp³-hybridized carbons (Fsp3) is 0.294. The molecule has 0 aliphatic carbocycles. The second kappa shape index (κ2) is 5.63. The van der Waals surface area contributed by atoms with Crippen molar-refractivity contribution in [2.75, 3.05) is 11.4 Å². The predicted octanol–water partition coefficient (Wildman–Crippen LogP) is 3.32. The van der Waals surface area contributed by atoms with E-state index in [2.05, 4.69) is 41.4 Å². The van der Waals surface area contributed by atoms with Crippen LogP contribution in [0.5, 0.6) is 0 Å². The van der Waals surface area contributed by atoms with Crippen molar-refractivity contribution < 1.29 is 4.39 Å². The number of halogens is 1. The molecular formula is C17H19FN2. The van der Waals surface area contributed by atoms with Crippen LogP contribution in [-0.4, -0.2) is 12.6 Å². The molecule has 1 heterocycles. The molecule has 0 aromatic heterocycles. The topological polar surface area (TPSA) is 15.3 Å². The van der Waals surface area contributed by atoms with Gasteiger partial charge in [0.2, 0.25) is 0 Å². The first kappa shape index (κ1) is 13.1. The summed E-state index contributed by atoms with van der Waals surface area (Å²) in [6.07, 6.45) is 0. The van der Waals surface area contributed by atoms with Gasteiger partial charge in [0.1, 0.15) is 5.82 Å². The number of nitrogens with zero attached hydrogens (tertiary/aromatic N) is 1. The summed E-state index contributed by atoms with van der Waals surface area (Å²) in [4.78, 5) is 2.33. The first-order valence-corrected chi connectivity index (χ1v) is 7.03. The van der Waals surface area contributed by atoms with Crippen LogP contribution in [0.25, 0.3) is 0 Å². The van der Waals surface area contributed by atoms with Crippen LogP contribution in [-0.2, 0) is 13.1 Å². The molecule has 1 aliphatic heterocycles. The number of rotatable bonds is 2. The van der Waals surface area contributed by atoms with Crippen molar-refractivity contribution in [2.45, 2.75) is 26.1 Å². The van der Waals surface area contributed by atoms with Crippen LogP contribution in [0.15, 0.2) is 48.5 Å². The highest BCUT2D eigenvalue weighted by Crippen LogP contribution is 2.25. The van der Waals surface area contributed by atoms with Crippen molar-refractivity contribution >= 4 is 5.69 Å². The Balaban J connectivity index is 1.90. The van der Waals surface area contributed by atoms with Crippen LogP contribution in [0.3, 0.4) is 0 Å². The minimum absolute atomic E-state index is 0.170. The number of fused-ring (bicyclic) bond motifs is 1. The van der Waals surface area contributed by atoms with Gasteiger partial charge in [0, 0.05) is 31.4 Å². The van der Waals surface area contributed by atoms with Gasteiger partial charge in [-0.1, -0.05) is 30.3 Å². The zero-order valence-corrected chi connectivity index (χ0v) is 11.6. The Morgan fingerprint density at radius 3 is 2.90 bits per heavy atom. The number of benzene rings is 2. The normalized spacial score (nSPS) is 18.5. The van der Waals surface area contributed by atoms with Crippen molar-refractivity contribution in [2.24, 2.45) is 0 Å². The molecular weight excluding hydrogens is 251 g/mol. The number of hydrogen-bond acceptors (Lipinski definition) is 2. The molecule has 20 heavy (non-hydrogen) atoms. The highest BCUT2D eigenvalue weighted by atomic mass is 19.1. The lowest BCUT2D eigenvalue weighted by Crippen LogP contribution is -2.35. The van der Waals surface area contributed by atoms with Crippen molar-refractivity contribution in [3.63, 3.8) is 0 Å². The lowest BCUT2D eigenvalue weighted by atomic mass is 10.1. The second-order valence-corrected chi connectivity index (χ2v) is 5.42. The van der Waals surface area contributed by atoms with Gasteiger partial charge in [-0.2, -0.15) is 0 Å². The van der Waals surface area contributed by atoms with E-state index in [0.29, 0.717) is 6.04 Å². The van der Waals surface area contributed by atoms with E-state index >= 15 is 0 Å². The van der Waals surface area contributed by atoms with Gasteiger partial charge in [0.15, 0.2) is 0 Å². The predicted molar refractivity (Wildman–Crippen MR) is 80.2 cm³/mol. The van der Waals surface area contributed by atoms with Crippen LogP contribution in [0.4, 0.5) is 10.1 Å². The summed E-state index contributed by atoms with van der Waals surface area (Å²) in [6, 6.07) is 15.7. The number of hydrogen-bond donors (Lipinski definition) is 1. The number of anilines is 1. The molecule has 104 valence electrons. The van der Waals surface area contributed by atoms with Gasteiger partial charge < -0.3 is 10.2 Å². The van der Waals surface area contributed by atoms with E-state index in [0.717, 1.165) is 25.2 Å². The Morgan fingerprint density at radius 2 is 2.05 bits per heavy atom. The third-order valence-electron chi connectivity index (χ3n) is 3.73. The summed E-state index contributed by atoms with van der Waals surface area (Å²) in [5.74, 6) is -0.170. The van der Waals surface area contributed by atoms with Gasteiger partial charge in [-0.15, -0.1) is 0 Å². The van der Waals surface area contributed by atoms with Gasteiger partial charge in [-0.3, -0.25) is 0 Å². The monoisotopic (exact) mass is 270 g/mol. The van der Waals surface area contributed by atoms with Gasteiger partial charge >= 0.3 is 0 Å². The Morgan fingerprint density at radius 1 is 1.20 bits per heavy atom. The van der Waals surface area contributed by atoms with Crippen LogP contribution in [0.1, 0.15) is 18.1 Å². The van der Waals surface area contributed by atoms with Crippen LogP contribution < -0.4 is 10.2 Å². The highest BCUT2D eigenvalue weighted by Gasteiger charge is 2.18. The van der Waals surface area contributed by atoms with Gasteiger partial charge in [0.25, 0.3) is 0 Å². The van der Waals surface area contributed by atoms with E-state index in [1.165, 1.54) is 17.3 Å². The van der Waals surface area contributed by atoms with E-state index in [1.807, 2.05) is 6.07 Å². The number of nitrogens with one attached hydrogen (secondary N) is 1. The molecule has 0 radical (unpaired) electrons. The Hall–Kier alpha value is -1.87. The summed E-state index contributed by atoms with van der Waals surface area (Å²) in [5, 5.41) is 3.51. The van der Waals surface area contributed by atoms with E-state index in [9.17, 15) is 4.39 Å². The van der Waals surface area contributed by atoms with Gasteiger partial charge in [-0.25, -0.2) is 4.39 Å². The fourth-order valence-corrected chi connectivity index (χ4v) is 2.75. The van der Waals surface area contributed by atoms with E-state index in [1.54, 1.807) is 12.1 Å². The van der Waals surface area contributed by atoms with Crippen molar-refractivity contribution in [3.05, 3.63) is 65.5 Å². The Bertz CT molecular complexity index is 597. The molecule has 2 aromatic carbocycles. The van der Waals surface area contributed by atoms with Crippen molar-refractivity contribution in [3.8, 4) is 0 Å². The van der Waals surface area contributed by atoms with Crippen molar-refractivity contribution in [1.29, 1.82) is 0 Å². The van der Waals surface area contributed by atoms with Crippen molar-refractivity contribution in [1.82, 2.24) is 5.32 Å². The minimum Gasteiger partial charge on any atom is -0.365 e. The van der Waals surface area contributed by atoms with E-state index in [-0.39, 0.29) is 5.82 Å². The molecule has 2 aromatic rings. The first-order valence-electron chi connectivity index (χ1n) is 7.03. The maximum atomic E-state index is 13.3.